The van der Waals surface area contributed by atoms with Crippen molar-refractivity contribution in [3.8, 4) is 0 Å². The SMILES string of the molecule is Cc1ccc(S(=O)(=O)N(CC(=O)N(Cc2ccc(F)cc2)C(Cc2ccccc2)C(=O)NC2CCCCC2)c2cccc(Cl)c2C)cc1. The molecule has 0 saturated heterocycles. The van der Waals surface area contributed by atoms with Gasteiger partial charge in [0.25, 0.3) is 10.0 Å². The largest absolute Gasteiger partial charge is 0.352 e. The molecular formula is C38H41ClFN3O4S. The van der Waals surface area contributed by atoms with E-state index in [0.717, 1.165) is 47.5 Å². The number of rotatable bonds is 12. The molecule has 7 nitrogen and oxygen atoms in total. The molecule has 0 radical (unpaired) electrons. The zero-order valence-corrected chi connectivity index (χ0v) is 28.8. The van der Waals surface area contributed by atoms with Crippen molar-refractivity contribution in [2.24, 2.45) is 0 Å². The number of amides is 2. The van der Waals surface area contributed by atoms with Gasteiger partial charge in [-0.2, -0.15) is 0 Å². The molecule has 1 aliphatic rings. The molecule has 1 aliphatic carbocycles. The molecule has 5 rings (SSSR count). The van der Waals surface area contributed by atoms with Gasteiger partial charge in [-0.1, -0.05) is 97.1 Å². The highest BCUT2D eigenvalue weighted by atomic mass is 35.5. The van der Waals surface area contributed by atoms with E-state index in [-0.39, 0.29) is 35.5 Å². The molecule has 1 saturated carbocycles. The summed E-state index contributed by atoms with van der Waals surface area (Å²) in [6.45, 7) is 2.92. The zero-order chi connectivity index (χ0) is 34.3. The van der Waals surface area contributed by atoms with Gasteiger partial charge in [0.15, 0.2) is 0 Å². The fraction of sp³-hybridized carbons (Fsp3) is 0.316. The van der Waals surface area contributed by atoms with Crippen LogP contribution in [0, 0.1) is 19.7 Å². The molecule has 0 aliphatic heterocycles. The summed E-state index contributed by atoms with van der Waals surface area (Å²) in [6, 6.07) is 25.5. The van der Waals surface area contributed by atoms with Crippen molar-refractivity contribution in [2.45, 2.75) is 75.9 Å². The molecule has 4 aromatic rings. The average Bonchev–Trinajstić information content (AvgIpc) is 3.08. The van der Waals surface area contributed by atoms with Crippen molar-refractivity contribution in [3.05, 3.63) is 130 Å². The number of hydrogen-bond acceptors (Lipinski definition) is 4. The summed E-state index contributed by atoms with van der Waals surface area (Å²) in [5.74, 6) is -1.33. The maximum Gasteiger partial charge on any atom is 0.264 e. The van der Waals surface area contributed by atoms with E-state index in [1.807, 2.05) is 37.3 Å². The Balaban J connectivity index is 1.58. The first-order valence-electron chi connectivity index (χ1n) is 16.3. The topological polar surface area (TPSA) is 86.8 Å². The van der Waals surface area contributed by atoms with E-state index in [9.17, 15) is 22.4 Å². The second-order valence-corrected chi connectivity index (χ2v) is 14.7. The van der Waals surface area contributed by atoms with Gasteiger partial charge >= 0.3 is 0 Å². The minimum absolute atomic E-state index is 0.0141. The minimum Gasteiger partial charge on any atom is -0.352 e. The van der Waals surface area contributed by atoms with Crippen LogP contribution in [-0.2, 0) is 32.6 Å². The van der Waals surface area contributed by atoms with Crippen LogP contribution in [0.3, 0.4) is 0 Å². The molecule has 1 N–H and O–H groups in total. The van der Waals surface area contributed by atoms with E-state index in [2.05, 4.69) is 5.32 Å². The lowest BCUT2D eigenvalue weighted by Crippen LogP contribution is -2.55. The van der Waals surface area contributed by atoms with Crippen molar-refractivity contribution in [2.75, 3.05) is 10.8 Å². The second kappa shape index (κ2) is 15.8. The number of aryl methyl sites for hydroxylation is 1. The number of halogens is 2. The van der Waals surface area contributed by atoms with Crippen LogP contribution >= 0.6 is 11.6 Å². The molecule has 1 atom stereocenters. The van der Waals surface area contributed by atoms with Crippen LogP contribution in [0.25, 0.3) is 0 Å². The quantitative estimate of drug-likeness (QED) is 0.168. The Morgan fingerprint density at radius 2 is 1.52 bits per heavy atom. The molecule has 4 aromatic carbocycles. The second-order valence-electron chi connectivity index (χ2n) is 12.4. The Bertz CT molecular complexity index is 1810. The number of carbonyl (C=O) groups is 2. The summed E-state index contributed by atoms with van der Waals surface area (Å²) in [5.41, 5.74) is 3.06. The molecule has 1 fully saturated rings. The van der Waals surface area contributed by atoms with Gasteiger partial charge in [0.2, 0.25) is 11.8 Å². The van der Waals surface area contributed by atoms with Crippen LogP contribution < -0.4 is 9.62 Å². The Hall–Kier alpha value is -4.21. The summed E-state index contributed by atoms with van der Waals surface area (Å²) in [4.78, 5) is 30.3. The number of anilines is 1. The summed E-state index contributed by atoms with van der Waals surface area (Å²) in [5, 5.41) is 3.54. The lowest BCUT2D eigenvalue weighted by molar-refractivity contribution is -0.140. The molecule has 10 heteroatoms. The van der Waals surface area contributed by atoms with Crippen LogP contribution in [0.2, 0.25) is 5.02 Å². The Morgan fingerprint density at radius 3 is 2.19 bits per heavy atom. The van der Waals surface area contributed by atoms with Crippen LogP contribution in [0.15, 0.2) is 102 Å². The molecule has 0 bridgehead atoms. The predicted octanol–water partition coefficient (Wildman–Crippen LogP) is 7.38. The number of nitrogens with one attached hydrogen (secondary N) is 1. The highest BCUT2D eigenvalue weighted by Crippen LogP contribution is 2.31. The van der Waals surface area contributed by atoms with Gasteiger partial charge in [0.05, 0.1) is 10.6 Å². The van der Waals surface area contributed by atoms with Crippen LogP contribution in [0.5, 0.6) is 0 Å². The van der Waals surface area contributed by atoms with Crippen molar-refractivity contribution in [1.29, 1.82) is 0 Å². The fourth-order valence-corrected chi connectivity index (χ4v) is 7.74. The van der Waals surface area contributed by atoms with Gasteiger partial charge in [-0.15, -0.1) is 0 Å². The summed E-state index contributed by atoms with van der Waals surface area (Å²) < 4.78 is 43.6. The molecule has 1 unspecified atom stereocenters. The number of nitrogens with zero attached hydrogens (tertiary/aromatic N) is 2. The van der Waals surface area contributed by atoms with E-state index < -0.39 is 34.3 Å². The summed E-state index contributed by atoms with van der Waals surface area (Å²) in [6.07, 6.45) is 5.05. The Kier molecular flexibility index (Phi) is 11.5. The average molecular weight is 690 g/mol. The first-order valence-corrected chi connectivity index (χ1v) is 18.1. The predicted molar refractivity (Wildman–Crippen MR) is 188 cm³/mol. The van der Waals surface area contributed by atoms with Gasteiger partial charge in [-0.25, -0.2) is 12.8 Å². The summed E-state index contributed by atoms with van der Waals surface area (Å²) in [7, 11) is -4.27. The minimum atomic E-state index is -4.27. The van der Waals surface area contributed by atoms with Crippen molar-refractivity contribution >= 4 is 39.1 Å². The van der Waals surface area contributed by atoms with E-state index in [0.29, 0.717) is 16.1 Å². The van der Waals surface area contributed by atoms with Crippen molar-refractivity contribution in [1.82, 2.24) is 10.2 Å². The third-order valence-corrected chi connectivity index (χ3v) is 11.1. The Labute approximate surface area is 287 Å². The fourth-order valence-electron chi connectivity index (χ4n) is 6.10. The summed E-state index contributed by atoms with van der Waals surface area (Å²) >= 11 is 6.47. The van der Waals surface area contributed by atoms with Crippen LogP contribution in [0.1, 0.15) is 54.4 Å². The molecule has 0 heterocycles. The third kappa shape index (κ3) is 8.62. The van der Waals surface area contributed by atoms with Crippen molar-refractivity contribution < 1.29 is 22.4 Å². The maximum absolute atomic E-state index is 14.7. The molecule has 0 aromatic heterocycles. The van der Waals surface area contributed by atoms with Gasteiger partial charge in [0.1, 0.15) is 18.4 Å². The van der Waals surface area contributed by atoms with Crippen LogP contribution in [-0.4, -0.2) is 43.8 Å². The number of hydrogen-bond donors (Lipinski definition) is 1. The normalized spacial score (nSPS) is 14.2. The van der Waals surface area contributed by atoms with Crippen molar-refractivity contribution in [3.63, 3.8) is 0 Å². The van der Waals surface area contributed by atoms with Gasteiger partial charge < -0.3 is 10.2 Å². The van der Waals surface area contributed by atoms with Gasteiger partial charge in [-0.3, -0.25) is 13.9 Å². The number of carbonyl (C=O) groups excluding carboxylic acids is 2. The van der Waals surface area contributed by atoms with Crippen LogP contribution in [0.4, 0.5) is 10.1 Å². The van der Waals surface area contributed by atoms with Gasteiger partial charge in [0, 0.05) is 24.0 Å². The highest BCUT2D eigenvalue weighted by Gasteiger charge is 2.36. The Morgan fingerprint density at radius 1 is 0.854 bits per heavy atom. The molecule has 2 amide bonds. The molecule has 0 spiro atoms. The monoisotopic (exact) mass is 689 g/mol. The molecule has 48 heavy (non-hydrogen) atoms. The molecular weight excluding hydrogens is 649 g/mol. The lowest BCUT2D eigenvalue weighted by atomic mass is 9.94. The number of benzene rings is 4. The standard InChI is InChI=1S/C38H41ClFN3O4S/c1-27-16-22-33(23-17-27)48(46,47)43(35-15-9-14-34(39)28(35)2)26-37(44)42(25-30-18-20-31(40)21-19-30)36(24-29-10-5-3-6-11-29)38(45)41-32-12-7-4-8-13-32/h3,5-6,9-11,14-23,32,36H,4,7-8,12-13,24-26H2,1-2H3,(H,41,45). The van der Waals surface area contributed by atoms with Gasteiger partial charge in [-0.05, 0) is 79.8 Å². The highest BCUT2D eigenvalue weighted by molar-refractivity contribution is 7.92. The number of sulfonamides is 1. The zero-order valence-electron chi connectivity index (χ0n) is 27.2. The maximum atomic E-state index is 14.7. The van der Waals surface area contributed by atoms with E-state index in [1.165, 1.54) is 29.2 Å². The van der Waals surface area contributed by atoms with E-state index in [1.54, 1.807) is 49.4 Å². The first-order chi connectivity index (χ1) is 23.0. The third-order valence-electron chi connectivity index (χ3n) is 8.88. The lowest BCUT2D eigenvalue weighted by Gasteiger charge is -2.35. The molecule has 252 valence electrons. The first kappa shape index (κ1) is 35.1. The van der Waals surface area contributed by atoms with E-state index >= 15 is 0 Å². The smallest absolute Gasteiger partial charge is 0.264 e. The van der Waals surface area contributed by atoms with E-state index in [4.69, 9.17) is 11.6 Å².